The molecule has 3 unspecified atom stereocenters. The van der Waals surface area contributed by atoms with E-state index in [9.17, 15) is 5.11 Å². The van der Waals surface area contributed by atoms with Crippen molar-refractivity contribution >= 4 is 0 Å². The smallest absolute Gasteiger partial charge is 0.0568 e. The minimum Gasteiger partial charge on any atom is -0.393 e. The number of rotatable bonds is 3. The summed E-state index contributed by atoms with van der Waals surface area (Å²) in [6, 6.07) is 0. The summed E-state index contributed by atoms with van der Waals surface area (Å²) in [6.45, 7) is 2.28. The molecular formula is C12H20O. The number of hydrogen-bond acceptors (Lipinski definition) is 1. The molecule has 1 saturated carbocycles. The SMILES string of the molecule is C#CCCCC1CC(C)CCC1O. The van der Waals surface area contributed by atoms with Gasteiger partial charge in [-0.25, -0.2) is 0 Å². The molecule has 13 heavy (non-hydrogen) atoms. The Hall–Kier alpha value is -0.480. The fourth-order valence-corrected chi connectivity index (χ4v) is 2.26. The van der Waals surface area contributed by atoms with E-state index in [-0.39, 0.29) is 6.10 Å². The van der Waals surface area contributed by atoms with E-state index in [0.717, 1.165) is 31.6 Å². The van der Waals surface area contributed by atoms with E-state index in [1.54, 1.807) is 0 Å². The third kappa shape index (κ3) is 3.40. The van der Waals surface area contributed by atoms with Gasteiger partial charge < -0.3 is 5.11 Å². The molecule has 1 fully saturated rings. The first-order valence-corrected chi connectivity index (χ1v) is 5.35. The van der Waals surface area contributed by atoms with Crippen molar-refractivity contribution in [3.63, 3.8) is 0 Å². The normalized spacial score (nSPS) is 34.1. The van der Waals surface area contributed by atoms with Gasteiger partial charge in [-0.1, -0.05) is 6.92 Å². The van der Waals surface area contributed by atoms with E-state index in [1.807, 2.05) is 0 Å². The maximum Gasteiger partial charge on any atom is 0.0568 e. The third-order valence-corrected chi connectivity index (χ3v) is 3.10. The van der Waals surface area contributed by atoms with Gasteiger partial charge in [0.2, 0.25) is 0 Å². The first kappa shape index (κ1) is 10.6. The predicted octanol–water partition coefficient (Wildman–Crippen LogP) is 2.59. The molecule has 74 valence electrons. The molecule has 0 bridgehead atoms. The van der Waals surface area contributed by atoms with E-state index in [4.69, 9.17) is 6.42 Å². The molecule has 1 rings (SSSR count). The topological polar surface area (TPSA) is 20.2 Å². The van der Waals surface area contributed by atoms with Crippen LogP contribution in [0.5, 0.6) is 0 Å². The Kier molecular flexibility index (Phi) is 4.32. The lowest BCUT2D eigenvalue weighted by Gasteiger charge is -2.31. The van der Waals surface area contributed by atoms with Crippen molar-refractivity contribution in [3.8, 4) is 12.3 Å². The van der Waals surface area contributed by atoms with Crippen molar-refractivity contribution in [3.05, 3.63) is 0 Å². The Morgan fingerprint density at radius 2 is 2.23 bits per heavy atom. The lowest BCUT2D eigenvalue weighted by Crippen LogP contribution is -2.28. The zero-order chi connectivity index (χ0) is 9.68. The van der Waals surface area contributed by atoms with Crippen molar-refractivity contribution < 1.29 is 5.11 Å². The molecule has 0 spiro atoms. The van der Waals surface area contributed by atoms with Crippen molar-refractivity contribution in [2.45, 2.75) is 51.6 Å². The van der Waals surface area contributed by atoms with E-state index < -0.39 is 0 Å². The van der Waals surface area contributed by atoms with Gasteiger partial charge in [0.15, 0.2) is 0 Å². The first-order valence-electron chi connectivity index (χ1n) is 5.35. The van der Waals surface area contributed by atoms with Crippen LogP contribution in [0.15, 0.2) is 0 Å². The zero-order valence-electron chi connectivity index (χ0n) is 8.50. The maximum absolute atomic E-state index is 9.73. The molecule has 3 atom stereocenters. The summed E-state index contributed by atoms with van der Waals surface area (Å²) in [5.41, 5.74) is 0. The molecule has 0 aromatic rings. The average Bonchev–Trinajstić information content (AvgIpc) is 2.11. The highest BCUT2D eigenvalue weighted by molar-refractivity contribution is 4.85. The Labute approximate surface area is 81.5 Å². The zero-order valence-corrected chi connectivity index (χ0v) is 8.50. The molecule has 0 heterocycles. The number of unbranched alkanes of at least 4 members (excludes halogenated alkanes) is 1. The Morgan fingerprint density at radius 3 is 2.92 bits per heavy atom. The van der Waals surface area contributed by atoms with Crippen molar-refractivity contribution in [1.29, 1.82) is 0 Å². The van der Waals surface area contributed by atoms with E-state index >= 15 is 0 Å². The predicted molar refractivity (Wildman–Crippen MR) is 55.2 cm³/mol. The van der Waals surface area contributed by atoms with Gasteiger partial charge in [-0.05, 0) is 43.9 Å². The molecule has 1 N–H and O–H groups in total. The van der Waals surface area contributed by atoms with Crippen LogP contribution in [-0.4, -0.2) is 11.2 Å². The molecule has 1 heteroatoms. The maximum atomic E-state index is 9.73. The molecule has 1 aliphatic carbocycles. The summed E-state index contributed by atoms with van der Waals surface area (Å²) >= 11 is 0. The van der Waals surface area contributed by atoms with Crippen molar-refractivity contribution in [2.75, 3.05) is 0 Å². The summed E-state index contributed by atoms with van der Waals surface area (Å²) in [4.78, 5) is 0. The highest BCUT2D eigenvalue weighted by Gasteiger charge is 2.26. The monoisotopic (exact) mass is 180 g/mol. The lowest BCUT2D eigenvalue weighted by atomic mass is 9.78. The van der Waals surface area contributed by atoms with Crippen LogP contribution in [0.4, 0.5) is 0 Å². The third-order valence-electron chi connectivity index (χ3n) is 3.10. The van der Waals surface area contributed by atoms with Gasteiger partial charge in [0, 0.05) is 6.42 Å². The van der Waals surface area contributed by atoms with Crippen LogP contribution in [0.2, 0.25) is 0 Å². The van der Waals surface area contributed by atoms with Crippen molar-refractivity contribution in [2.24, 2.45) is 11.8 Å². The second-order valence-electron chi connectivity index (χ2n) is 4.34. The summed E-state index contributed by atoms with van der Waals surface area (Å²) < 4.78 is 0. The first-order chi connectivity index (χ1) is 6.24. The number of hydrogen-bond donors (Lipinski definition) is 1. The fraction of sp³-hybridized carbons (Fsp3) is 0.833. The van der Waals surface area contributed by atoms with Crippen LogP contribution in [0.25, 0.3) is 0 Å². The van der Waals surface area contributed by atoms with Gasteiger partial charge in [0.25, 0.3) is 0 Å². The molecule has 0 aromatic carbocycles. The molecule has 0 amide bonds. The summed E-state index contributed by atoms with van der Waals surface area (Å²) in [5, 5.41) is 9.73. The van der Waals surface area contributed by atoms with E-state index in [0.29, 0.717) is 5.92 Å². The van der Waals surface area contributed by atoms with Gasteiger partial charge >= 0.3 is 0 Å². The molecule has 0 radical (unpaired) electrons. The molecule has 1 nitrogen and oxygen atoms in total. The highest BCUT2D eigenvalue weighted by Crippen LogP contribution is 2.32. The largest absolute Gasteiger partial charge is 0.393 e. The number of terminal acetylenes is 1. The molecule has 0 saturated heterocycles. The molecule has 0 aromatic heterocycles. The minimum atomic E-state index is -0.0611. The lowest BCUT2D eigenvalue weighted by molar-refractivity contribution is 0.0466. The molecule has 1 aliphatic rings. The molecular weight excluding hydrogens is 160 g/mol. The second-order valence-corrected chi connectivity index (χ2v) is 4.34. The summed E-state index contributed by atoms with van der Waals surface area (Å²) in [6.07, 6.45) is 11.5. The fourth-order valence-electron chi connectivity index (χ4n) is 2.26. The average molecular weight is 180 g/mol. The van der Waals surface area contributed by atoms with E-state index in [2.05, 4.69) is 12.8 Å². The summed E-state index contributed by atoms with van der Waals surface area (Å²) in [7, 11) is 0. The quantitative estimate of drug-likeness (QED) is 0.523. The standard InChI is InChI=1S/C12H20O/c1-3-4-5-6-11-9-10(2)7-8-12(11)13/h1,10-13H,4-9H2,2H3. The minimum absolute atomic E-state index is 0.0611. The Morgan fingerprint density at radius 1 is 1.46 bits per heavy atom. The van der Waals surface area contributed by atoms with Crippen molar-refractivity contribution in [1.82, 2.24) is 0 Å². The van der Waals surface area contributed by atoms with Crippen LogP contribution in [0.1, 0.15) is 45.4 Å². The van der Waals surface area contributed by atoms with Crippen LogP contribution in [0, 0.1) is 24.2 Å². The Balaban J connectivity index is 2.26. The molecule has 0 aliphatic heterocycles. The van der Waals surface area contributed by atoms with Gasteiger partial charge in [0.05, 0.1) is 6.10 Å². The number of aliphatic hydroxyl groups excluding tert-OH is 1. The van der Waals surface area contributed by atoms with Gasteiger partial charge in [-0.3, -0.25) is 0 Å². The van der Waals surface area contributed by atoms with Gasteiger partial charge in [-0.15, -0.1) is 12.3 Å². The summed E-state index contributed by atoms with van der Waals surface area (Å²) in [5.74, 6) is 3.95. The van der Waals surface area contributed by atoms with Crippen LogP contribution >= 0.6 is 0 Å². The van der Waals surface area contributed by atoms with Gasteiger partial charge in [-0.2, -0.15) is 0 Å². The van der Waals surface area contributed by atoms with E-state index in [1.165, 1.54) is 12.8 Å². The highest BCUT2D eigenvalue weighted by atomic mass is 16.3. The van der Waals surface area contributed by atoms with Crippen LogP contribution < -0.4 is 0 Å². The van der Waals surface area contributed by atoms with Crippen LogP contribution in [-0.2, 0) is 0 Å². The number of aliphatic hydroxyl groups is 1. The Bertz CT molecular complexity index is 180. The second kappa shape index (κ2) is 5.29. The van der Waals surface area contributed by atoms with Gasteiger partial charge in [0.1, 0.15) is 0 Å². The van der Waals surface area contributed by atoms with Crippen LogP contribution in [0.3, 0.4) is 0 Å².